The van der Waals surface area contributed by atoms with Crippen molar-refractivity contribution in [3.8, 4) is 5.75 Å². The number of benzene rings is 1. The Morgan fingerprint density at radius 2 is 1.91 bits per heavy atom. The monoisotopic (exact) mass is 217 g/mol. The van der Waals surface area contributed by atoms with Gasteiger partial charge < -0.3 is 10.8 Å². The quantitative estimate of drug-likeness (QED) is 0.519. The summed E-state index contributed by atoms with van der Waals surface area (Å²) in [6.45, 7) is 4.00. The molecule has 0 saturated carbocycles. The number of para-hydroxylation sites is 1. The molecule has 0 amide bonds. The van der Waals surface area contributed by atoms with Crippen molar-refractivity contribution in [2.45, 2.75) is 13.8 Å². The number of nitrogen functional groups attached to an aromatic ring is 1. The maximum Gasteiger partial charge on any atom is 0.152 e. The Hall–Kier alpha value is -0.700. The van der Waals surface area contributed by atoms with Gasteiger partial charge in [-0.2, -0.15) is 0 Å². The summed E-state index contributed by atoms with van der Waals surface area (Å²) in [6, 6.07) is 5.13. The largest absolute Gasteiger partial charge is 0.505 e. The number of nitrogens with two attached hydrogens (primary N) is 1. The SMILES string of the molecule is CC.Nc1cccc(Br)c1O. The van der Waals surface area contributed by atoms with Crippen LogP contribution in [0.4, 0.5) is 5.69 Å². The third kappa shape index (κ3) is 2.80. The van der Waals surface area contributed by atoms with Gasteiger partial charge in [-0.1, -0.05) is 19.9 Å². The van der Waals surface area contributed by atoms with Crippen LogP contribution in [-0.4, -0.2) is 5.11 Å². The lowest BCUT2D eigenvalue weighted by molar-refractivity contribution is 0.474. The maximum atomic E-state index is 9.03. The van der Waals surface area contributed by atoms with Gasteiger partial charge in [0.2, 0.25) is 0 Å². The van der Waals surface area contributed by atoms with Crippen molar-refractivity contribution < 1.29 is 5.11 Å². The minimum absolute atomic E-state index is 0.109. The first-order chi connectivity index (χ1) is 5.22. The van der Waals surface area contributed by atoms with Crippen molar-refractivity contribution in [1.82, 2.24) is 0 Å². The molecule has 0 spiro atoms. The zero-order valence-corrected chi connectivity index (χ0v) is 8.22. The minimum atomic E-state index is 0.109. The molecule has 0 atom stereocenters. The Kier molecular flexibility index (Phi) is 4.70. The average Bonchev–Trinajstić information content (AvgIpc) is 2.04. The van der Waals surface area contributed by atoms with Gasteiger partial charge in [0.15, 0.2) is 5.75 Å². The average molecular weight is 218 g/mol. The molecule has 0 aliphatic carbocycles. The molecule has 0 aromatic heterocycles. The second kappa shape index (κ2) is 5.02. The Morgan fingerprint density at radius 1 is 1.36 bits per heavy atom. The molecule has 0 unspecified atom stereocenters. The molecule has 1 rings (SSSR count). The zero-order valence-electron chi connectivity index (χ0n) is 6.63. The summed E-state index contributed by atoms with van der Waals surface area (Å²) in [5.74, 6) is 0.109. The van der Waals surface area contributed by atoms with Crippen molar-refractivity contribution in [1.29, 1.82) is 0 Å². The molecule has 0 heterocycles. The van der Waals surface area contributed by atoms with Crippen LogP contribution in [0.5, 0.6) is 5.75 Å². The van der Waals surface area contributed by atoms with E-state index in [4.69, 9.17) is 10.8 Å². The van der Waals surface area contributed by atoms with Crippen LogP contribution in [0.15, 0.2) is 22.7 Å². The normalized spacial score (nSPS) is 8.27. The van der Waals surface area contributed by atoms with Crippen molar-refractivity contribution in [3.63, 3.8) is 0 Å². The van der Waals surface area contributed by atoms with Crippen LogP contribution < -0.4 is 5.73 Å². The molecule has 1 aromatic carbocycles. The number of phenols is 1. The van der Waals surface area contributed by atoms with Gasteiger partial charge in [0.1, 0.15) is 0 Å². The molecule has 3 N–H and O–H groups in total. The molecular formula is C8H12BrNO. The molecule has 11 heavy (non-hydrogen) atoms. The van der Waals surface area contributed by atoms with Gasteiger partial charge in [0.05, 0.1) is 10.2 Å². The maximum absolute atomic E-state index is 9.03. The molecule has 0 aliphatic rings. The van der Waals surface area contributed by atoms with E-state index in [0.717, 1.165) is 0 Å². The molecule has 3 heteroatoms. The first kappa shape index (κ1) is 10.3. The molecule has 62 valence electrons. The first-order valence-corrected chi connectivity index (χ1v) is 4.24. The van der Waals surface area contributed by atoms with Crippen LogP contribution in [0.1, 0.15) is 13.8 Å². The number of hydrogen-bond donors (Lipinski definition) is 2. The molecule has 0 fully saturated rings. The number of hydrogen-bond acceptors (Lipinski definition) is 2. The van der Waals surface area contributed by atoms with Crippen molar-refractivity contribution in [3.05, 3.63) is 22.7 Å². The highest BCUT2D eigenvalue weighted by atomic mass is 79.9. The van der Waals surface area contributed by atoms with E-state index in [-0.39, 0.29) is 5.75 Å². The molecule has 0 aliphatic heterocycles. The Labute approximate surface area is 75.2 Å². The minimum Gasteiger partial charge on any atom is -0.505 e. The number of halogens is 1. The van der Waals surface area contributed by atoms with Crippen LogP contribution >= 0.6 is 15.9 Å². The fourth-order valence-corrected chi connectivity index (χ4v) is 0.914. The predicted octanol–water partition coefficient (Wildman–Crippen LogP) is 2.76. The van der Waals surface area contributed by atoms with Crippen LogP contribution in [0, 0.1) is 0 Å². The van der Waals surface area contributed by atoms with Crippen molar-refractivity contribution >= 4 is 21.6 Å². The predicted molar refractivity (Wildman–Crippen MR) is 51.6 cm³/mol. The van der Waals surface area contributed by atoms with Crippen molar-refractivity contribution in [2.75, 3.05) is 5.73 Å². The number of anilines is 1. The van der Waals surface area contributed by atoms with E-state index in [1.165, 1.54) is 0 Å². The second-order valence-corrected chi connectivity index (χ2v) is 2.53. The second-order valence-electron chi connectivity index (χ2n) is 1.68. The lowest BCUT2D eigenvalue weighted by Crippen LogP contribution is -1.83. The summed E-state index contributed by atoms with van der Waals surface area (Å²) in [5, 5.41) is 9.03. The van der Waals surface area contributed by atoms with E-state index in [1.807, 2.05) is 13.8 Å². The van der Waals surface area contributed by atoms with E-state index < -0.39 is 0 Å². The number of phenolic OH excluding ortho intramolecular Hbond substituents is 1. The summed E-state index contributed by atoms with van der Waals surface area (Å²) in [6.07, 6.45) is 0. The highest BCUT2D eigenvalue weighted by Crippen LogP contribution is 2.28. The fourth-order valence-electron chi connectivity index (χ4n) is 0.532. The summed E-state index contributed by atoms with van der Waals surface area (Å²) >= 11 is 3.12. The van der Waals surface area contributed by atoms with Gasteiger partial charge in [-0.15, -0.1) is 0 Å². The number of aromatic hydroxyl groups is 1. The summed E-state index contributed by atoms with van der Waals surface area (Å²) < 4.78 is 0.627. The van der Waals surface area contributed by atoms with Gasteiger partial charge in [-0.05, 0) is 28.1 Å². The highest BCUT2D eigenvalue weighted by Gasteiger charge is 1.97. The Bertz CT molecular complexity index is 205. The lowest BCUT2D eigenvalue weighted by Gasteiger charge is -1.97. The molecule has 0 bridgehead atoms. The Morgan fingerprint density at radius 3 is 2.27 bits per heavy atom. The smallest absolute Gasteiger partial charge is 0.152 e. The summed E-state index contributed by atoms with van der Waals surface area (Å²) in [5.41, 5.74) is 5.73. The zero-order chi connectivity index (χ0) is 8.85. The van der Waals surface area contributed by atoms with Crippen LogP contribution in [0.3, 0.4) is 0 Å². The standard InChI is InChI=1S/C6H6BrNO.C2H6/c7-4-2-1-3-5(8)6(4)9;1-2/h1-3,9H,8H2;1-2H3. The molecule has 2 nitrogen and oxygen atoms in total. The molecule has 1 aromatic rings. The third-order valence-electron chi connectivity index (χ3n) is 1.02. The van der Waals surface area contributed by atoms with E-state index in [9.17, 15) is 0 Å². The van der Waals surface area contributed by atoms with Gasteiger partial charge >= 0.3 is 0 Å². The van der Waals surface area contributed by atoms with Gasteiger partial charge in [-0.25, -0.2) is 0 Å². The molecular weight excluding hydrogens is 206 g/mol. The summed E-state index contributed by atoms with van der Waals surface area (Å²) in [7, 11) is 0. The van der Waals surface area contributed by atoms with Gasteiger partial charge in [0.25, 0.3) is 0 Å². The van der Waals surface area contributed by atoms with Gasteiger partial charge in [0, 0.05) is 0 Å². The van der Waals surface area contributed by atoms with E-state index in [0.29, 0.717) is 10.2 Å². The topological polar surface area (TPSA) is 46.2 Å². The summed E-state index contributed by atoms with van der Waals surface area (Å²) in [4.78, 5) is 0. The lowest BCUT2D eigenvalue weighted by atomic mass is 10.3. The molecule has 0 saturated heterocycles. The first-order valence-electron chi connectivity index (χ1n) is 3.45. The van der Waals surface area contributed by atoms with E-state index in [2.05, 4.69) is 15.9 Å². The van der Waals surface area contributed by atoms with E-state index >= 15 is 0 Å². The van der Waals surface area contributed by atoms with Crippen molar-refractivity contribution in [2.24, 2.45) is 0 Å². The van der Waals surface area contributed by atoms with Crippen LogP contribution in [0.2, 0.25) is 0 Å². The van der Waals surface area contributed by atoms with Crippen LogP contribution in [-0.2, 0) is 0 Å². The Balaban J connectivity index is 0.000000461. The highest BCUT2D eigenvalue weighted by molar-refractivity contribution is 9.10. The number of rotatable bonds is 0. The van der Waals surface area contributed by atoms with Gasteiger partial charge in [-0.3, -0.25) is 0 Å². The third-order valence-corrected chi connectivity index (χ3v) is 1.66. The fraction of sp³-hybridized carbons (Fsp3) is 0.250. The van der Waals surface area contributed by atoms with Crippen LogP contribution in [0.25, 0.3) is 0 Å². The molecule has 0 radical (unpaired) electrons. The van der Waals surface area contributed by atoms with E-state index in [1.54, 1.807) is 18.2 Å².